The number of aliphatic hydroxyl groups is 1. The van der Waals surface area contributed by atoms with Crippen LogP contribution >= 0.6 is 0 Å². The van der Waals surface area contributed by atoms with E-state index in [1.54, 1.807) is 6.92 Å². The lowest BCUT2D eigenvalue weighted by Crippen LogP contribution is -2.50. The van der Waals surface area contributed by atoms with Crippen LogP contribution in [0.5, 0.6) is 0 Å². The first-order valence-corrected chi connectivity index (χ1v) is 8.32. The Hall–Kier alpha value is -1.09. The molecule has 1 heterocycles. The minimum atomic E-state index is -0.531. The number of rotatable bonds is 5. The molecule has 0 aromatic carbocycles. The van der Waals surface area contributed by atoms with Gasteiger partial charge in [-0.1, -0.05) is 12.3 Å². The van der Waals surface area contributed by atoms with E-state index < -0.39 is 11.7 Å². The van der Waals surface area contributed by atoms with Gasteiger partial charge in [0.2, 0.25) is 5.91 Å². The highest BCUT2D eigenvalue weighted by atomic mass is 16.5. The van der Waals surface area contributed by atoms with Crippen molar-refractivity contribution < 1.29 is 14.6 Å². The Bertz CT molecular complexity index is 405. The highest BCUT2D eigenvalue weighted by Gasteiger charge is 2.31. The summed E-state index contributed by atoms with van der Waals surface area (Å²) >= 11 is 0. The van der Waals surface area contributed by atoms with Crippen LogP contribution in [0.4, 0.5) is 0 Å². The second kappa shape index (κ2) is 7.96. The van der Waals surface area contributed by atoms with E-state index in [9.17, 15) is 9.90 Å². The summed E-state index contributed by atoms with van der Waals surface area (Å²) in [6, 6.07) is 0. The number of amides is 1. The molecule has 5 heteroatoms. The van der Waals surface area contributed by atoms with Crippen molar-refractivity contribution in [3.8, 4) is 12.3 Å². The van der Waals surface area contributed by atoms with Crippen LogP contribution in [-0.4, -0.2) is 71.8 Å². The van der Waals surface area contributed by atoms with Gasteiger partial charge < -0.3 is 14.7 Å². The van der Waals surface area contributed by atoms with Crippen LogP contribution in [0.15, 0.2) is 0 Å². The summed E-state index contributed by atoms with van der Waals surface area (Å²) < 4.78 is 5.91. The van der Waals surface area contributed by atoms with Crippen molar-refractivity contribution >= 4 is 5.91 Å². The van der Waals surface area contributed by atoms with Gasteiger partial charge in [0.05, 0.1) is 12.7 Å². The monoisotopic (exact) mass is 308 g/mol. The van der Waals surface area contributed by atoms with Gasteiger partial charge in [-0.2, -0.15) is 0 Å². The first kappa shape index (κ1) is 17.3. The molecule has 22 heavy (non-hydrogen) atoms. The van der Waals surface area contributed by atoms with E-state index in [2.05, 4.69) is 10.8 Å². The molecule has 1 saturated heterocycles. The standard InChI is InChI=1S/C17H28N2O3/c1-3-17(7-5-4-6-8-17)22-14-16(21)13-18-9-11-19(12-10-18)15(2)20/h1,16,21H,4-14H2,2H3. The van der Waals surface area contributed by atoms with Crippen molar-refractivity contribution in [2.75, 3.05) is 39.3 Å². The lowest BCUT2D eigenvalue weighted by Gasteiger charge is -2.36. The molecule has 1 unspecified atom stereocenters. The first-order chi connectivity index (χ1) is 10.5. The minimum absolute atomic E-state index is 0.122. The lowest BCUT2D eigenvalue weighted by molar-refractivity contribution is -0.130. The number of aliphatic hydroxyl groups excluding tert-OH is 1. The maximum atomic E-state index is 11.3. The van der Waals surface area contributed by atoms with Gasteiger partial charge in [-0.05, 0) is 25.7 Å². The molecule has 2 rings (SSSR count). The summed E-state index contributed by atoms with van der Waals surface area (Å²) in [6.45, 7) is 5.54. The fraction of sp³-hybridized carbons (Fsp3) is 0.824. The predicted octanol–water partition coefficient (Wildman–Crippen LogP) is 0.864. The summed E-state index contributed by atoms with van der Waals surface area (Å²) in [7, 11) is 0. The van der Waals surface area contributed by atoms with E-state index in [0.717, 1.165) is 51.9 Å². The predicted molar refractivity (Wildman–Crippen MR) is 85.3 cm³/mol. The number of carbonyl (C=O) groups is 1. The highest BCUT2D eigenvalue weighted by molar-refractivity contribution is 5.73. The summed E-state index contributed by atoms with van der Waals surface area (Å²) in [4.78, 5) is 15.3. The SMILES string of the molecule is C#CC1(OCC(O)CN2CCN(C(C)=O)CC2)CCCCC1. The number of nitrogens with zero attached hydrogens (tertiary/aromatic N) is 2. The number of hydrogen-bond acceptors (Lipinski definition) is 4. The third-order valence-corrected chi connectivity index (χ3v) is 4.76. The van der Waals surface area contributed by atoms with Crippen LogP contribution in [0.25, 0.3) is 0 Å². The van der Waals surface area contributed by atoms with Crippen LogP contribution in [0.1, 0.15) is 39.0 Å². The molecule has 0 aromatic rings. The first-order valence-electron chi connectivity index (χ1n) is 8.32. The molecule has 5 nitrogen and oxygen atoms in total. The van der Waals surface area contributed by atoms with Crippen molar-refractivity contribution in [3.63, 3.8) is 0 Å². The zero-order valence-electron chi connectivity index (χ0n) is 13.6. The third-order valence-electron chi connectivity index (χ3n) is 4.76. The van der Waals surface area contributed by atoms with Crippen LogP contribution in [0, 0.1) is 12.3 Å². The molecule has 0 bridgehead atoms. The number of β-amino-alcohol motifs (C(OH)–C–C–N with tert-alkyl or cyclic N) is 1. The number of ether oxygens (including phenoxy) is 1. The Morgan fingerprint density at radius 2 is 1.91 bits per heavy atom. The summed E-state index contributed by atoms with van der Waals surface area (Å²) in [5.74, 6) is 2.93. The Kier molecular flexibility index (Phi) is 6.25. The molecule has 2 fully saturated rings. The fourth-order valence-electron chi connectivity index (χ4n) is 3.31. The quantitative estimate of drug-likeness (QED) is 0.766. The minimum Gasteiger partial charge on any atom is -0.389 e. The second-order valence-corrected chi connectivity index (χ2v) is 6.47. The van der Waals surface area contributed by atoms with E-state index in [4.69, 9.17) is 11.2 Å². The Morgan fingerprint density at radius 1 is 1.27 bits per heavy atom. The van der Waals surface area contributed by atoms with Gasteiger partial charge in [-0.3, -0.25) is 9.69 Å². The lowest BCUT2D eigenvalue weighted by atomic mass is 9.85. The molecular weight excluding hydrogens is 280 g/mol. The molecule has 1 aliphatic carbocycles. The molecule has 0 aromatic heterocycles. The summed E-state index contributed by atoms with van der Waals surface area (Å²) in [6.07, 6.45) is 10.3. The number of piperazine rings is 1. The maximum absolute atomic E-state index is 11.3. The van der Waals surface area contributed by atoms with Gasteiger partial charge in [0.1, 0.15) is 5.60 Å². The molecule has 1 aliphatic heterocycles. The third kappa shape index (κ3) is 4.70. The number of terminal acetylenes is 1. The zero-order chi connectivity index (χ0) is 16.0. The van der Waals surface area contributed by atoms with E-state index in [-0.39, 0.29) is 12.5 Å². The van der Waals surface area contributed by atoms with Crippen LogP contribution < -0.4 is 0 Å². The zero-order valence-corrected chi connectivity index (χ0v) is 13.6. The number of carbonyl (C=O) groups excluding carboxylic acids is 1. The largest absolute Gasteiger partial charge is 0.389 e. The van der Waals surface area contributed by atoms with Gasteiger partial charge in [-0.25, -0.2) is 0 Å². The van der Waals surface area contributed by atoms with E-state index in [1.807, 2.05) is 4.90 Å². The molecule has 0 radical (unpaired) electrons. The van der Waals surface area contributed by atoms with E-state index in [0.29, 0.717) is 6.54 Å². The molecule has 1 amide bonds. The summed E-state index contributed by atoms with van der Waals surface area (Å²) in [5.41, 5.74) is -0.466. The van der Waals surface area contributed by atoms with Crippen LogP contribution in [-0.2, 0) is 9.53 Å². The van der Waals surface area contributed by atoms with Crippen molar-refractivity contribution in [2.45, 2.75) is 50.7 Å². The van der Waals surface area contributed by atoms with Gasteiger partial charge in [0.15, 0.2) is 0 Å². The average molecular weight is 308 g/mol. The van der Waals surface area contributed by atoms with Crippen molar-refractivity contribution in [1.82, 2.24) is 9.80 Å². The molecule has 1 saturated carbocycles. The molecule has 0 spiro atoms. The smallest absolute Gasteiger partial charge is 0.219 e. The molecule has 1 atom stereocenters. The Morgan fingerprint density at radius 3 is 2.45 bits per heavy atom. The molecule has 124 valence electrons. The Balaban J connectivity index is 1.71. The molecular formula is C17H28N2O3. The van der Waals surface area contributed by atoms with E-state index >= 15 is 0 Å². The fourth-order valence-corrected chi connectivity index (χ4v) is 3.31. The second-order valence-electron chi connectivity index (χ2n) is 6.47. The topological polar surface area (TPSA) is 53.0 Å². The normalized spacial score (nSPS) is 23.8. The molecule has 1 N–H and O–H groups in total. The van der Waals surface area contributed by atoms with Gasteiger partial charge in [0, 0.05) is 39.6 Å². The van der Waals surface area contributed by atoms with E-state index in [1.165, 1.54) is 6.42 Å². The van der Waals surface area contributed by atoms with Crippen molar-refractivity contribution in [1.29, 1.82) is 0 Å². The summed E-state index contributed by atoms with van der Waals surface area (Å²) in [5, 5.41) is 10.2. The van der Waals surface area contributed by atoms with Gasteiger partial charge in [0.25, 0.3) is 0 Å². The number of hydrogen-bond donors (Lipinski definition) is 1. The maximum Gasteiger partial charge on any atom is 0.219 e. The van der Waals surface area contributed by atoms with Crippen LogP contribution in [0.2, 0.25) is 0 Å². The molecule has 2 aliphatic rings. The van der Waals surface area contributed by atoms with Crippen molar-refractivity contribution in [3.05, 3.63) is 0 Å². The Labute approximate surface area is 133 Å². The van der Waals surface area contributed by atoms with Crippen molar-refractivity contribution in [2.24, 2.45) is 0 Å². The average Bonchev–Trinajstić information content (AvgIpc) is 2.54. The highest BCUT2D eigenvalue weighted by Crippen LogP contribution is 2.31. The van der Waals surface area contributed by atoms with Gasteiger partial charge >= 0.3 is 0 Å². The van der Waals surface area contributed by atoms with Gasteiger partial charge in [-0.15, -0.1) is 6.42 Å². The van der Waals surface area contributed by atoms with Crippen LogP contribution in [0.3, 0.4) is 0 Å².